The summed E-state index contributed by atoms with van der Waals surface area (Å²) in [4.78, 5) is 8.26. The highest BCUT2D eigenvalue weighted by Crippen LogP contribution is 2.25. The van der Waals surface area contributed by atoms with Crippen molar-refractivity contribution in [3.63, 3.8) is 0 Å². The van der Waals surface area contributed by atoms with Crippen LogP contribution < -0.4 is 5.73 Å². The lowest BCUT2D eigenvalue weighted by atomic mass is 10.2. The minimum absolute atomic E-state index is 0.302. The van der Waals surface area contributed by atoms with Crippen LogP contribution in [0.1, 0.15) is 17.9 Å². The maximum absolute atomic E-state index is 5.95. The Morgan fingerprint density at radius 1 is 1.38 bits per heavy atom. The van der Waals surface area contributed by atoms with E-state index in [0.29, 0.717) is 11.9 Å². The van der Waals surface area contributed by atoms with E-state index in [1.54, 1.807) is 11.8 Å². The number of thioether (sulfide) groups is 1. The molecule has 21 heavy (non-hydrogen) atoms. The molecule has 0 bridgehead atoms. The van der Waals surface area contributed by atoms with E-state index in [4.69, 9.17) is 10.2 Å². The van der Waals surface area contributed by atoms with Crippen LogP contribution in [0.25, 0.3) is 11.5 Å². The zero-order valence-corrected chi connectivity index (χ0v) is 13.3. The van der Waals surface area contributed by atoms with E-state index in [2.05, 4.69) is 40.4 Å². The van der Waals surface area contributed by atoms with Crippen LogP contribution in [0, 0.1) is 6.92 Å². The minimum Gasteiger partial charge on any atom is -0.441 e. The first kappa shape index (κ1) is 14.6. The monoisotopic (exact) mass is 303 g/mol. The Labute approximate surface area is 129 Å². The van der Waals surface area contributed by atoms with Crippen LogP contribution in [0.4, 0.5) is 0 Å². The first-order valence-electron chi connectivity index (χ1n) is 7.24. The van der Waals surface area contributed by atoms with Crippen LogP contribution in [-0.2, 0) is 6.54 Å². The van der Waals surface area contributed by atoms with E-state index in [1.165, 1.54) is 4.90 Å². The SMILES string of the molecule is CSc1ccc(-c2nc(CN3CC[C@H](N)C3)c(C)o2)cc1. The molecule has 0 unspecified atom stereocenters. The van der Waals surface area contributed by atoms with Gasteiger partial charge in [0.2, 0.25) is 5.89 Å². The van der Waals surface area contributed by atoms with Gasteiger partial charge in [-0.3, -0.25) is 4.90 Å². The van der Waals surface area contributed by atoms with E-state index >= 15 is 0 Å². The average Bonchev–Trinajstić information content (AvgIpc) is 3.06. The summed E-state index contributed by atoms with van der Waals surface area (Å²) in [6, 6.07) is 8.62. The van der Waals surface area contributed by atoms with Gasteiger partial charge in [-0.1, -0.05) is 0 Å². The lowest BCUT2D eigenvalue weighted by molar-refractivity contribution is 0.321. The molecule has 0 saturated carbocycles. The van der Waals surface area contributed by atoms with Crippen molar-refractivity contribution in [1.82, 2.24) is 9.88 Å². The maximum atomic E-state index is 5.95. The van der Waals surface area contributed by atoms with Crippen LogP contribution >= 0.6 is 11.8 Å². The molecule has 3 rings (SSSR count). The summed E-state index contributed by atoms with van der Waals surface area (Å²) >= 11 is 1.73. The fourth-order valence-electron chi connectivity index (χ4n) is 2.65. The fourth-order valence-corrected chi connectivity index (χ4v) is 3.06. The van der Waals surface area contributed by atoms with Gasteiger partial charge in [0, 0.05) is 36.1 Å². The van der Waals surface area contributed by atoms with Gasteiger partial charge in [-0.25, -0.2) is 4.98 Å². The number of nitrogens with two attached hydrogens (primary N) is 1. The Bertz CT molecular complexity index is 608. The third-order valence-electron chi connectivity index (χ3n) is 3.91. The van der Waals surface area contributed by atoms with Crippen LogP contribution in [0.5, 0.6) is 0 Å². The zero-order valence-electron chi connectivity index (χ0n) is 12.5. The molecule has 0 amide bonds. The molecule has 1 fully saturated rings. The third kappa shape index (κ3) is 3.31. The maximum Gasteiger partial charge on any atom is 0.226 e. The van der Waals surface area contributed by atoms with Crippen molar-refractivity contribution in [2.24, 2.45) is 5.73 Å². The second-order valence-corrected chi connectivity index (χ2v) is 6.41. The molecule has 1 aliphatic heterocycles. The van der Waals surface area contributed by atoms with E-state index < -0.39 is 0 Å². The molecule has 0 aliphatic carbocycles. The van der Waals surface area contributed by atoms with Crippen LogP contribution in [0.2, 0.25) is 0 Å². The van der Waals surface area contributed by atoms with Crippen LogP contribution in [0.15, 0.2) is 33.6 Å². The predicted octanol–water partition coefficient (Wildman–Crippen LogP) is 2.90. The molecule has 4 nitrogen and oxygen atoms in total. The van der Waals surface area contributed by atoms with Crippen molar-refractivity contribution in [1.29, 1.82) is 0 Å². The van der Waals surface area contributed by atoms with Gasteiger partial charge in [-0.05, 0) is 43.9 Å². The average molecular weight is 303 g/mol. The Kier molecular flexibility index (Phi) is 4.33. The normalized spacial score (nSPS) is 19.3. The van der Waals surface area contributed by atoms with Gasteiger partial charge < -0.3 is 10.2 Å². The van der Waals surface area contributed by atoms with Crippen molar-refractivity contribution in [3.05, 3.63) is 35.7 Å². The summed E-state index contributed by atoms with van der Waals surface area (Å²) in [5.74, 6) is 1.61. The van der Waals surface area contributed by atoms with E-state index in [1.807, 2.05) is 6.92 Å². The number of aryl methyl sites for hydroxylation is 1. The van der Waals surface area contributed by atoms with Gasteiger partial charge in [0.15, 0.2) is 0 Å². The Morgan fingerprint density at radius 3 is 2.76 bits per heavy atom. The van der Waals surface area contributed by atoms with Crippen molar-refractivity contribution in [3.8, 4) is 11.5 Å². The molecule has 2 heterocycles. The van der Waals surface area contributed by atoms with Crippen molar-refractivity contribution < 1.29 is 4.42 Å². The largest absolute Gasteiger partial charge is 0.441 e. The predicted molar refractivity (Wildman–Crippen MR) is 86.3 cm³/mol. The van der Waals surface area contributed by atoms with E-state index in [9.17, 15) is 0 Å². The highest BCUT2D eigenvalue weighted by molar-refractivity contribution is 7.98. The first-order chi connectivity index (χ1) is 10.2. The zero-order chi connectivity index (χ0) is 14.8. The molecule has 2 aromatic rings. The van der Waals surface area contributed by atoms with Gasteiger partial charge in [-0.15, -0.1) is 11.8 Å². The summed E-state index contributed by atoms with van der Waals surface area (Å²) in [6.07, 6.45) is 3.14. The molecule has 0 spiro atoms. The number of nitrogens with zero attached hydrogens (tertiary/aromatic N) is 2. The highest BCUT2D eigenvalue weighted by Gasteiger charge is 2.21. The van der Waals surface area contributed by atoms with Gasteiger partial charge in [0.1, 0.15) is 5.76 Å². The summed E-state index contributed by atoms with van der Waals surface area (Å²) in [5, 5.41) is 0. The van der Waals surface area contributed by atoms with Crippen molar-refractivity contribution in [2.45, 2.75) is 30.8 Å². The summed E-state index contributed by atoms with van der Waals surface area (Å²) in [5.41, 5.74) is 8.00. The Hall–Kier alpha value is -1.30. The number of hydrogen-bond acceptors (Lipinski definition) is 5. The second-order valence-electron chi connectivity index (χ2n) is 5.53. The van der Waals surface area contributed by atoms with Gasteiger partial charge >= 0.3 is 0 Å². The van der Waals surface area contributed by atoms with E-state index in [-0.39, 0.29) is 0 Å². The highest BCUT2D eigenvalue weighted by atomic mass is 32.2. The molecule has 5 heteroatoms. The number of benzene rings is 1. The third-order valence-corrected chi connectivity index (χ3v) is 4.66. The number of likely N-dealkylation sites (tertiary alicyclic amines) is 1. The molecule has 112 valence electrons. The standard InChI is InChI=1S/C16H21N3OS/c1-11-15(10-19-8-7-13(17)9-19)18-16(20-11)12-3-5-14(21-2)6-4-12/h3-6,13H,7-10,17H2,1-2H3/t13-/m0/s1. The lowest BCUT2D eigenvalue weighted by Crippen LogP contribution is -2.26. The molecular formula is C16H21N3OS. The molecule has 2 N–H and O–H groups in total. The lowest BCUT2D eigenvalue weighted by Gasteiger charge is -2.12. The first-order valence-corrected chi connectivity index (χ1v) is 8.47. The summed E-state index contributed by atoms with van der Waals surface area (Å²) < 4.78 is 5.84. The van der Waals surface area contributed by atoms with Crippen LogP contribution in [-0.4, -0.2) is 35.3 Å². The van der Waals surface area contributed by atoms with E-state index in [0.717, 1.165) is 43.1 Å². The molecule has 1 aliphatic rings. The van der Waals surface area contributed by atoms with Crippen LogP contribution in [0.3, 0.4) is 0 Å². The Morgan fingerprint density at radius 2 is 2.14 bits per heavy atom. The Balaban J connectivity index is 1.76. The number of rotatable bonds is 4. The molecule has 1 saturated heterocycles. The topological polar surface area (TPSA) is 55.3 Å². The number of hydrogen-bond donors (Lipinski definition) is 1. The fraction of sp³-hybridized carbons (Fsp3) is 0.438. The number of aromatic nitrogens is 1. The van der Waals surface area contributed by atoms with Gasteiger partial charge in [0.05, 0.1) is 5.69 Å². The van der Waals surface area contributed by atoms with Crippen molar-refractivity contribution >= 4 is 11.8 Å². The van der Waals surface area contributed by atoms with Crippen molar-refractivity contribution in [2.75, 3.05) is 19.3 Å². The van der Waals surface area contributed by atoms with Gasteiger partial charge in [0.25, 0.3) is 0 Å². The molecule has 0 radical (unpaired) electrons. The molecule has 1 aromatic heterocycles. The smallest absolute Gasteiger partial charge is 0.226 e. The second kappa shape index (κ2) is 6.22. The summed E-state index contributed by atoms with van der Waals surface area (Å²) in [6.45, 7) is 4.80. The summed E-state index contributed by atoms with van der Waals surface area (Å²) in [7, 11) is 0. The molecular weight excluding hydrogens is 282 g/mol. The molecule has 1 atom stereocenters. The van der Waals surface area contributed by atoms with Gasteiger partial charge in [-0.2, -0.15) is 0 Å². The number of oxazole rings is 1. The minimum atomic E-state index is 0.302. The molecule has 1 aromatic carbocycles. The quantitative estimate of drug-likeness (QED) is 0.880.